The van der Waals surface area contributed by atoms with Gasteiger partial charge >= 0.3 is 0 Å². The zero-order valence-corrected chi connectivity index (χ0v) is 15.3. The summed E-state index contributed by atoms with van der Waals surface area (Å²) in [5.74, 6) is 0.206. The average Bonchev–Trinajstić information content (AvgIpc) is 3.28. The summed E-state index contributed by atoms with van der Waals surface area (Å²) in [6, 6.07) is 7.96. The molecule has 4 rings (SSSR count). The number of para-hydroxylation sites is 1. The maximum Gasteiger partial charge on any atom is 0.234 e. The number of aromatic hydroxyl groups is 1. The molecule has 0 saturated carbocycles. The number of rotatable bonds is 3. The van der Waals surface area contributed by atoms with Gasteiger partial charge < -0.3 is 5.11 Å². The molecule has 0 bridgehead atoms. The number of thiazole rings is 1. The summed E-state index contributed by atoms with van der Waals surface area (Å²) in [5.41, 5.74) is 2.99. The molecule has 0 spiro atoms. The second-order valence-corrected chi connectivity index (χ2v) is 7.58. The van der Waals surface area contributed by atoms with Crippen LogP contribution < -0.4 is 4.80 Å². The van der Waals surface area contributed by atoms with Gasteiger partial charge in [-0.2, -0.15) is 4.99 Å². The lowest BCUT2D eigenvalue weighted by molar-refractivity contribution is 0.416. The fraction of sp³-hybridized carbons (Fsp3) is 0.176. The monoisotopic (exact) mass is 369 g/mol. The first kappa shape index (κ1) is 15.9. The molecule has 3 heterocycles. The van der Waals surface area contributed by atoms with Gasteiger partial charge in [-0.15, -0.1) is 10.2 Å². The minimum atomic E-state index is 0.206. The van der Waals surface area contributed by atoms with Crippen molar-refractivity contribution in [3.05, 3.63) is 44.5 Å². The predicted octanol–water partition coefficient (Wildman–Crippen LogP) is 3.92. The lowest BCUT2D eigenvalue weighted by atomic mass is 10.1. The highest BCUT2D eigenvalue weighted by molar-refractivity contribution is 7.15. The van der Waals surface area contributed by atoms with Crippen LogP contribution >= 0.6 is 22.7 Å². The van der Waals surface area contributed by atoms with E-state index >= 15 is 0 Å². The maximum absolute atomic E-state index is 10.6. The van der Waals surface area contributed by atoms with E-state index in [1.807, 2.05) is 50.4 Å². The SMILES string of the molecule is CCn1c(O)c(/C=C2\C=Nc3ccccc32)s/c1=N/c1nnc(C)s1. The minimum absolute atomic E-state index is 0.206. The van der Waals surface area contributed by atoms with E-state index in [9.17, 15) is 5.11 Å². The number of benzene rings is 1. The van der Waals surface area contributed by atoms with Crippen LogP contribution in [0.5, 0.6) is 5.88 Å². The standard InChI is InChI=1S/C17H15N5OS2/c1-3-22-15(23)14(25-17(22)19-16-21-20-10(2)24-16)8-11-9-18-13-7-5-4-6-12(11)13/h4-9,23H,3H2,1-2H3/b11-8+,19-17+. The predicted molar refractivity (Wildman–Crippen MR) is 102 cm³/mol. The molecule has 1 N–H and O–H groups in total. The van der Waals surface area contributed by atoms with Gasteiger partial charge in [-0.05, 0) is 26.0 Å². The number of nitrogens with zero attached hydrogens (tertiary/aromatic N) is 5. The van der Waals surface area contributed by atoms with E-state index in [-0.39, 0.29) is 5.88 Å². The van der Waals surface area contributed by atoms with Crippen molar-refractivity contribution in [2.45, 2.75) is 20.4 Å². The van der Waals surface area contributed by atoms with Crippen molar-refractivity contribution in [3.8, 4) is 5.88 Å². The Morgan fingerprint density at radius 2 is 2.08 bits per heavy atom. The van der Waals surface area contributed by atoms with Crippen LogP contribution in [-0.4, -0.2) is 26.1 Å². The van der Waals surface area contributed by atoms with Gasteiger partial charge in [0.15, 0.2) is 4.80 Å². The first-order chi connectivity index (χ1) is 12.2. The van der Waals surface area contributed by atoms with E-state index in [4.69, 9.17) is 0 Å². The molecule has 3 aromatic rings. The summed E-state index contributed by atoms with van der Waals surface area (Å²) in [5, 5.41) is 20.1. The van der Waals surface area contributed by atoms with Gasteiger partial charge in [0.2, 0.25) is 11.0 Å². The summed E-state index contributed by atoms with van der Waals surface area (Å²) in [6.07, 6.45) is 3.77. The molecule has 0 aliphatic carbocycles. The third-order valence-electron chi connectivity index (χ3n) is 3.78. The van der Waals surface area contributed by atoms with Gasteiger partial charge in [0, 0.05) is 23.9 Å². The first-order valence-corrected chi connectivity index (χ1v) is 9.41. The van der Waals surface area contributed by atoms with E-state index in [1.54, 1.807) is 4.57 Å². The van der Waals surface area contributed by atoms with Gasteiger partial charge in [-0.25, -0.2) is 0 Å². The number of aliphatic imine (C=N–C) groups is 1. The molecule has 2 aromatic heterocycles. The first-order valence-electron chi connectivity index (χ1n) is 7.78. The molecule has 0 unspecified atom stereocenters. The number of fused-ring (bicyclic) bond motifs is 1. The minimum Gasteiger partial charge on any atom is -0.493 e. The maximum atomic E-state index is 10.6. The van der Waals surface area contributed by atoms with Crippen molar-refractivity contribution in [2.24, 2.45) is 9.98 Å². The van der Waals surface area contributed by atoms with Crippen LogP contribution in [0.1, 0.15) is 22.4 Å². The quantitative estimate of drug-likeness (QED) is 0.760. The highest BCUT2D eigenvalue weighted by atomic mass is 32.1. The summed E-state index contributed by atoms with van der Waals surface area (Å²) in [7, 11) is 0. The van der Waals surface area contributed by atoms with Crippen LogP contribution in [0, 0.1) is 6.92 Å². The van der Waals surface area contributed by atoms with Crippen LogP contribution in [0.15, 0.2) is 34.3 Å². The van der Waals surface area contributed by atoms with Gasteiger partial charge in [0.1, 0.15) is 5.01 Å². The van der Waals surface area contributed by atoms with Crippen molar-refractivity contribution in [1.29, 1.82) is 0 Å². The Labute approximate surface area is 152 Å². The molecule has 126 valence electrons. The molecule has 8 heteroatoms. The van der Waals surface area contributed by atoms with E-state index in [2.05, 4.69) is 20.2 Å². The number of hydrogen-bond donors (Lipinski definition) is 1. The highest BCUT2D eigenvalue weighted by Crippen LogP contribution is 2.34. The average molecular weight is 369 g/mol. The Bertz CT molecular complexity index is 1070. The zero-order chi connectivity index (χ0) is 17.4. The van der Waals surface area contributed by atoms with Gasteiger partial charge in [-0.3, -0.25) is 9.56 Å². The smallest absolute Gasteiger partial charge is 0.234 e. The molecule has 1 aliphatic heterocycles. The molecule has 6 nitrogen and oxygen atoms in total. The van der Waals surface area contributed by atoms with Crippen LogP contribution in [0.4, 0.5) is 10.8 Å². The molecular weight excluding hydrogens is 354 g/mol. The van der Waals surface area contributed by atoms with Crippen molar-refractivity contribution in [3.63, 3.8) is 0 Å². The molecule has 0 amide bonds. The molecule has 0 radical (unpaired) electrons. The Kier molecular flexibility index (Phi) is 4.06. The van der Waals surface area contributed by atoms with Crippen LogP contribution in [-0.2, 0) is 6.54 Å². The van der Waals surface area contributed by atoms with Crippen molar-refractivity contribution < 1.29 is 5.11 Å². The second kappa shape index (κ2) is 6.38. The van der Waals surface area contributed by atoms with Crippen molar-refractivity contribution in [2.75, 3.05) is 0 Å². The number of aryl methyl sites for hydroxylation is 1. The molecule has 0 atom stereocenters. The van der Waals surface area contributed by atoms with E-state index < -0.39 is 0 Å². The van der Waals surface area contributed by atoms with Crippen molar-refractivity contribution >= 4 is 51.4 Å². The third-order valence-corrected chi connectivity index (χ3v) is 5.52. The lowest BCUT2D eigenvalue weighted by Gasteiger charge is -2.00. The highest BCUT2D eigenvalue weighted by Gasteiger charge is 2.15. The largest absolute Gasteiger partial charge is 0.493 e. The van der Waals surface area contributed by atoms with Crippen molar-refractivity contribution in [1.82, 2.24) is 14.8 Å². The molecular formula is C17H15N5OS2. The lowest BCUT2D eigenvalue weighted by Crippen LogP contribution is -2.12. The summed E-state index contributed by atoms with van der Waals surface area (Å²) < 4.78 is 1.77. The van der Waals surface area contributed by atoms with Crippen LogP contribution in [0.25, 0.3) is 11.6 Å². The fourth-order valence-corrected chi connectivity index (χ4v) is 4.25. The number of allylic oxidation sites excluding steroid dienone is 1. The Morgan fingerprint density at radius 3 is 2.84 bits per heavy atom. The number of hydrogen-bond acceptors (Lipinski definition) is 7. The van der Waals surface area contributed by atoms with E-state index in [0.717, 1.165) is 26.7 Å². The Morgan fingerprint density at radius 1 is 1.24 bits per heavy atom. The van der Waals surface area contributed by atoms with E-state index in [0.29, 0.717) is 16.5 Å². The summed E-state index contributed by atoms with van der Waals surface area (Å²) in [6.45, 7) is 4.48. The summed E-state index contributed by atoms with van der Waals surface area (Å²) in [4.78, 5) is 10.4. The van der Waals surface area contributed by atoms with Gasteiger partial charge in [0.05, 0.1) is 10.6 Å². The van der Waals surface area contributed by atoms with E-state index in [1.165, 1.54) is 22.7 Å². The normalized spacial score (nSPS) is 15.3. The molecule has 0 fully saturated rings. The van der Waals surface area contributed by atoms with Gasteiger partial charge in [-0.1, -0.05) is 40.9 Å². The Balaban J connectivity index is 1.81. The molecule has 1 aromatic carbocycles. The fourth-order valence-electron chi connectivity index (χ4n) is 2.59. The topological polar surface area (TPSA) is 75.7 Å². The van der Waals surface area contributed by atoms with Crippen LogP contribution in [0.2, 0.25) is 0 Å². The molecule has 25 heavy (non-hydrogen) atoms. The zero-order valence-electron chi connectivity index (χ0n) is 13.7. The van der Waals surface area contributed by atoms with Gasteiger partial charge in [0.25, 0.3) is 0 Å². The van der Waals surface area contributed by atoms with Crippen LogP contribution in [0.3, 0.4) is 0 Å². The summed E-state index contributed by atoms with van der Waals surface area (Å²) >= 11 is 2.85. The molecule has 0 saturated heterocycles. The second-order valence-electron chi connectivity index (χ2n) is 5.41. The third kappa shape index (κ3) is 2.94. The molecule has 1 aliphatic rings. The number of aromatic nitrogens is 3. The Hall–Kier alpha value is -2.58.